The smallest absolute Gasteiger partial charge is 0.242 e. The summed E-state index contributed by atoms with van der Waals surface area (Å²) in [5.41, 5.74) is 1.89. The van der Waals surface area contributed by atoms with Gasteiger partial charge in [-0.1, -0.05) is 71.2 Å². The van der Waals surface area contributed by atoms with Gasteiger partial charge in [-0.05, 0) is 48.2 Å². The Morgan fingerprint density at radius 3 is 2.39 bits per heavy atom. The first kappa shape index (κ1) is 26.0. The fraction of sp³-hybridized carbons (Fsp3) is 0.391. The van der Waals surface area contributed by atoms with Crippen LogP contribution in [0.2, 0.25) is 10.0 Å². The van der Waals surface area contributed by atoms with Gasteiger partial charge in [0.1, 0.15) is 6.04 Å². The SMILES string of the molecule is CC(C)CNC(=O)[C@@H](C)N(Cc1ccc(Cl)cc1Cl)C(=O)CSCc1ccc(Br)cc1. The molecule has 1 N–H and O–H groups in total. The van der Waals surface area contributed by atoms with Crippen molar-refractivity contribution in [2.75, 3.05) is 12.3 Å². The Morgan fingerprint density at radius 2 is 1.77 bits per heavy atom. The van der Waals surface area contributed by atoms with Crippen LogP contribution in [-0.4, -0.2) is 35.1 Å². The zero-order valence-corrected chi connectivity index (χ0v) is 21.7. The van der Waals surface area contributed by atoms with Crippen LogP contribution in [-0.2, 0) is 21.9 Å². The van der Waals surface area contributed by atoms with Gasteiger partial charge in [-0.3, -0.25) is 9.59 Å². The van der Waals surface area contributed by atoms with E-state index in [1.54, 1.807) is 30.0 Å². The maximum atomic E-state index is 13.1. The quantitative estimate of drug-likeness (QED) is 0.388. The van der Waals surface area contributed by atoms with Gasteiger partial charge in [-0.2, -0.15) is 0 Å². The molecule has 31 heavy (non-hydrogen) atoms. The molecule has 8 heteroatoms. The van der Waals surface area contributed by atoms with E-state index in [1.807, 2.05) is 38.1 Å². The van der Waals surface area contributed by atoms with Crippen molar-refractivity contribution in [1.29, 1.82) is 0 Å². The molecule has 0 bridgehead atoms. The number of hydrogen-bond acceptors (Lipinski definition) is 3. The molecule has 0 aromatic heterocycles. The molecule has 2 rings (SSSR count). The molecule has 4 nitrogen and oxygen atoms in total. The minimum atomic E-state index is -0.619. The topological polar surface area (TPSA) is 49.4 Å². The van der Waals surface area contributed by atoms with Crippen LogP contribution in [0.4, 0.5) is 0 Å². The third-order valence-electron chi connectivity index (χ3n) is 4.62. The van der Waals surface area contributed by atoms with E-state index in [-0.39, 0.29) is 24.1 Å². The Hall–Kier alpha value is -1.21. The predicted octanol–water partition coefficient (Wildman–Crippen LogP) is 6.18. The highest BCUT2D eigenvalue weighted by Crippen LogP contribution is 2.24. The van der Waals surface area contributed by atoms with Crippen molar-refractivity contribution in [1.82, 2.24) is 10.2 Å². The first-order valence-corrected chi connectivity index (χ1v) is 12.7. The highest BCUT2D eigenvalue weighted by atomic mass is 79.9. The number of halogens is 3. The van der Waals surface area contributed by atoms with Gasteiger partial charge in [0.15, 0.2) is 0 Å². The Balaban J connectivity index is 2.09. The van der Waals surface area contributed by atoms with Crippen LogP contribution in [0, 0.1) is 5.92 Å². The molecule has 168 valence electrons. The van der Waals surface area contributed by atoms with Crippen molar-refractivity contribution in [3.63, 3.8) is 0 Å². The van der Waals surface area contributed by atoms with Gasteiger partial charge in [-0.25, -0.2) is 0 Å². The van der Waals surface area contributed by atoms with E-state index < -0.39 is 6.04 Å². The molecule has 0 fully saturated rings. The van der Waals surface area contributed by atoms with Crippen LogP contribution in [0.15, 0.2) is 46.9 Å². The first-order chi connectivity index (χ1) is 14.7. The van der Waals surface area contributed by atoms with E-state index in [0.717, 1.165) is 15.6 Å². The molecular weight excluding hydrogens is 519 g/mol. The van der Waals surface area contributed by atoms with E-state index in [2.05, 4.69) is 21.2 Å². The van der Waals surface area contributed by atoms with Gasteiger partial charge < -0.3 is 10.2 Å². The van der Waals surface area contributed by atoms with Gasteiger partial charge in [0, 0.05) is 33.4 Å². The molecule has 0 spiro atoms. The highest BCUT2D eigenvalue weighted by molar-refractivity contribution is 9.10. The lowest BCUT2D eigenvalue weighted by Crippen LogP contribution is -2.48. The number of thioether (sulfide) groups is 1. The van der Waals surface area contributed by atoms with Crippen LogP contribution < -0.4 is 5.32 Å². The van der Waals surface area contributed by atoms with Gasteiger partial charge >= 0.3 is 0 Å². The normalized spacial score (nSPS) is 12.0. The lowest BCUT2D eigenvalue weighted by atomic mass is 10.1. The Bertz CT molecular complexity index is 894. The molecule has 2 aromatic carbocycles. The second-order valence-corrected chi connectivity index (χ2v) is 10.4. The number of carbonyl (C=O) groups excluding carboxylic acids is 2. The predicted molar refractivity (Wildman–Crippen MR) is 135 cm³/mol. The molecule has 0 saturated heterocycles. The molecule has 1 atom stereocenters. The van der Waals surface area contributed by atoms with Gasteiger partial charge in [0.05, 0.1) is 5.75 Å². The molecule has 2 aromatic rings. The first-order valence-electron chi connectivity index (χ1n) is 10.0. The number of nitrogens with zero attached hydrogens (tertiary/aromatic N) is 1. The van der Waals surface area contributed by atoms with Crippen molar-refractivity contribution >= 4 is 62.7 Å². The van der Waals surface area contributed by atoms with Crippen LogP contribution >= 0.6 is 50.9 Å². The summed E-state index contributed by atoms with van der Waals surface area (Å²) in [6.45, 7) is 6.60. The van der Waals surface area contributed by atoms with Crippen LogP contribution in [0.5, 0.6) is 0 Å². The lowest BCUT2D eigenvalue weighted by molar-refractivity contribution is -0.138. The standard InChI is InChI=1S/C23H27BrCl2N2O2S/c1-15(2)11-27-23(30)16(3)28(12-18-6-9-20(25)10-21(18)26)22(29)14-31-13-17-4-7-19(24)8-5-17/h4-10,15-16H,11-14H2,1-3H3,(H,27,30)/t16-/m1/s1. The summed E-state index contributed by atoms with van der Waals surface area (Å²) in [5, 5.41) is 3.92. The lowest BCUT2D eigenvalue weighted by Gasteiger charge is -2.29. The minimum Gasteiger partial charge on any atom is -0.354 e. The van der Waals surface area contributed by atoms with Crippen molar-refractivity contribution in [2.24, 2.45) is 5.92 Å². The molecule has 2 amide bonds. The average Bonchev–Trinajstić information content (AvgIpc) is 2.72. The fourth-order valence-corrected chi connectivity index (χ4v) is 4.39. The zero-order chi connectivity index (χ0) is 23.0. The van der Waals surface area contributed by atoms with Crippen LogP contribution in [0.25, 0.3) is 0 Å². The summed E-state index contributed by atoms with van der Waals surface area (Å²) in [7, 11) is 0. The zero-order valence-electron chi connectivity index (χ0n) is 17.8. The molecule has 0 heterocycles. The number of benzene rings is 2. The van der Waals surface area contributed by atoms with E-state index in [4.69, 9.17) is 23.2 Å². The van der Waals surface area contributed by atoms with Crippen molar-refractivity contribution < 1.29 is 9.59 Å². The fourth-order valence-electron chi connectivity index (χ4n) is 2.79. The monoisotopic (exact) mass is 544 g/mol. The van der Waals surface area contributed by atoms with Gasteiger partial charge in [0.2, 0.25) is 11.8 Å². The maximum Gasteiger partial charge on any atom is 0.242 e. The van der Waals surface area contributed by atoms with Crippen molar-refractivity contribution in [3.05, 3.63) is 68.1 Å². The highest BCUT2D eigenvalue weighted by Gasteiger charge is 2.26. The number of amides is 2. The minimum absolute atomic E-state index is 0.111. The third kappa shape index (κ3) is 8.68. The summed E-state index contributed by atoms with van der Waals surface area (Å²) in [5.74, 6) is 1.02. The second-order valence-electron chi connectivity index (χ2n) is 7.69. The molecule has 0 aliphatic heterocycles. The average molecular weight is 546 g/mol. The molecule has 0 aliphatic rings. The number of carbonyl (C=O) groups is 2. The Kier molecular flexibility index (Phi) is 10.7. The van der Waals surface area contributed by atoms with E-state index >= 15 is 0 Å². The summed E-state index contributed by atoms with van der Waals surface area (Å²) in [4.78, 5) is 27.4. The van der Waals surface area contributed by atoms with E-state index in [9.17, 15) is 9.59 Å². The van der Waals surface area contributed by atoms with Gasteiger partial charge in [-0.15, -0.1) is 11.8 Å². The van der Waals surface area contributed by atoms with E-state index in [0.29, 0.717) is 28.3 Å². The molecule has 0 aliphatic carbocycles. The summed E-state index contributed by atoms with van der Waals surface area (Å²) < 4.78 is 1.02. The second kappa shape index (κ2) is 12.7. The van der Waals surface area contributed by atoms with E-state index in [1.165, 1.54) is 11.8 Å². The number of rotatable bonds is 10. The number of nitrogens with one attached hydrogen (secondary N) is 1. The summed E-state index contributed by atoms with van der Waals surface area (Å²) >= 11 is 17.3. The summed E-state index contributed by atoms with van der Waals surface area (Å²) in [6.07, 6.45) is 0. The molecule has 0 radical (unpaired) electrons. The molecular formula is C23H27BrCl2N2O2S. The Labute approximate surface area is 207 Å². The van der Waals surface area contributed by atoms with Gasteiger partial charge in [0.25, 0.3) is 0 Å². The van der Waals surface area contributed by atoms with Crippen molar-refractivity contribution in [2.45, 2.75) is 39.1 Å². The number of hydrogen-bond donors (Lipinski definition) is 1. The van der Waals surface area contributed by atoms with Crippen LogP contribution in [0.1, 0.15) is 31.9 Å². The maximum absolute atomic E-state index is 13.1. The largest absolute Gasteiger partial charge is 0.354 e. The Morgan fingerprint density at radius 1 is 1.10 bits per heavy atom. The van der Waals surface area contributed by atoms with Crippen LogP contribution in [0.3, 0.4) is 0 Å². The third-order valence-corrected chi connectivity index (χ3v) is 6.72. The molecule has 0 saturated carbocycles. The summed E-state index contributed by atoms with van der Waals surface area (Å²) in [6, 6.07) is 12.6. The molecule has 0 unspecified atom stereocenters. The van der Waals surface area contributed by atoms with Crippen molar-refractivity contribution in [3.8, 4) is 0 Å².